The van der Waals surface area contributed by atoms with Crippen molar-refractivity contribution in [3.8, 4) is 0 Å². The van der Waals surface area contributed by atoms with Gasteiger partial charge in [0.15, 0.2) is 0 Å². The minimum atomic E-state index is -4.67. The van der Waals surface area contributed by atoms with Crippen molar-refractivity contribution < 1.29 is 22.3 Å². The number of carbonyl (C=O) groups excluding carboxylic acids is 1. The second-order valence-electron chi connectivity index (χ2n) is 2.00. The summed E-state index contributed by atoms with van der Waals surface area (Å²) in [7, 11) is -4.67. The average Bonchev–Trinajstić information content (AvgIpc) is 1.59. The number of nitrogens with two attached hydrogens (primary N) is 1. The smallest absolute Gasteiger partial charge is 0.369 e. The quantitative estimate of drug-likeness (QED) is 0.475. The minimum absolute atomic E-state index is 0.00926. The Morgan fingerprint density at radius 2 is 1.45 bits per heavy atom. The number of rotatable bonds is 1. The van der Waals surface area contributed by atoms with Crippen molar-refractivity contribution in [2.75, 3.05) is 0 Å². The maximum Gasteiger partial charge on any atom is 0.394 e. The SMILES string of the molecule is CC(C)C(N)=O.O=S(=O)(O)O. The van der Waals surface area contributed by atoms with Crippen molar-refractivity contribution in [1.29, 1.82) is 0 Å². The normalized spacial score (nSPS) is 10.3. The molecular weight excluding hydrogens is 174 g/mol. The van der Waals surface area contributed by atoms with Crippen LogP contribution in [0.3, 0.4) is 0 Å². The van der Waals surface area contributed by atoms with Gasteiger partial charge in [-0.25, -0.2) is 0 Å². The van der Waals surface area contributed by atoms with Gasteiger partial charge in [0.05, 0.1) is 0 Å². The van der Waals surface area contributed by atoms with E-state index in [9.17, 15) is 4.79 Å². The van der Waals surface area contributed by atoms with E-state index >= 15 is 0 Å². The van der Waals surface area contributed by atoms with Crippen LogP contribution >= 0.6 is 0 Å². The molecule has 0 heterocycles. The Morgan fingerprint density at radius 1 is 1.36 bits per heavy atom. The molecule has 0 rings (SSSR count). The van der Waals surface area contributed by atoms with Gasteiger partial charge in [0.1, 0.15) is 0 Å². The summed E-state index contributed by atoms with van der Waals surface area (Å²) in [5.74, 6) is -0.250. The molecule has 0 aromatic rings. The lowest BCUT2D eigenvalue weighted by Gasteiger charge is -1.90. The van der Waals surface area contributed by atoms with Crippen molar-refractivity contribution in [1.82, 2.24) is 0 Å². The van der Waals surface area contributed by atoms with Gasteiger partial charge >= 0.3 is 10.4 Å². The second kappa shape index (κ2) is 5.05. The maximum absolute atomic E-state index is 9.92. The Morgan fingerprint density at radius 3 is 1.45 bits per heavy atom. The summed E-state index contributed by atoms with van der Waals surface area (Å²) in [4.78, 5) is 9.92. The van der Waals surface area contributed by atoms with Crippen molar-refractivity contribution in [3.05, 3.63) is 0 Å². The van der Waals surface area contributed by atoms with E-state index in [4.69, 9.17) is 23.3 Å². The van der Waals surface area contributed by atoms with E-state index in [2.05, 4.69) is 0 Å². The van der Waals surface area contributed by atoms with Crippen molar-refractivity contribution in [2.45, 2.75) is 13.8 Å². The second-order valence-corrected chi connectivity index (χ2v) is 2.90. The highest BCUT2D eigenvalue weighted by Gasteiger charge is 1.96. The van der Waals surface area contributed by atoms with Gasteiger partial charge in [0.2, 0.25) is 5.91 Å². The zero-order valence-corrected chi connectivity index (χ0v) is 7.00. The molecule has 0 radical (unpaired) electrons. The van der Waals surface area contributed by atoms with Crippen molar-refractivity contribution in [2.24, 2.45) is 11.7 Å². The van der Waals surface area contributed by atoms with Gasteiger partial charge in [0, 0.05) is 5.92 Å². The molecule has 0 saturated heterocycles. The molecule has 0 bridgehead atoms. The van der Waals surface area contributed by atoms with E-state index in [0.717, 1.165) is 0 Å². The van der Waals surface area contributed by atoms with E-state index in [0.29, 0.717) is 0 Å². The summed E-state index contributed by atoms with van der Waals surface area (Å²) < 4.78 is 31.6. The lowest BCUT2D eigenvalue weighted by atomic mass is 10.2. The Balaban J connectivity index is 0. The number of hydrogen-bond acceptors (Lipinski definition) is 3. The summed E-state index contributed by atoms with van der Waals surface area (Å²) in [6.45, 7) is 3.53. The summed E-state index contributed by atoms with van der Waals surface area (Å²) in [6.07, 6.45) is 0. The first-order chi connectivity index (χ1) is 4.64. The number of amides is 1. The first-order valence-corrected chi connectivity index (χ1v) is 4.03. The molecule has 0 aliphatic carbocycles. The van der Waals surface area contributed by atoms with Crippen molar-refractivity contribution >= 4 is 16.3 Å². The van der Waals surface area contributed by atoms with Gasteiger partial charge in [-0.15, -0.1) is 0 Å². The fraction of sp³-hybridized carbons (Fsp3) is 0.750. The number of carbonyl (C=O) groups is 1. The Bertz CT molecular complexity index is 199. The van der Waals surface area contributed by atoms with E-state index in [1.807, 2.05) is 0 Å². The van der Waals surface area contributed by atoms with Gasteiger partial charge in [-0.2, -0.15) is 8.42 Å². The predicted molar refractivity (Wildman–Crippen MR) is 38.2 cm³/mol. The molecule has 0 aromatic carbocycles. The van der Waals surface area contributed by atoms with Crippen LogP contribution in [0.5, 0.6) is 0 Å². The number of primary amides is 1. The lowest BCUT2D eigenvalue weighted by Crippen LogP contribution is -2.17. The number of hydrogen-bond donors (Lipinski definition) is 3. The molecule has 0 unspecified atom stereocenters. The molecule has 0 saturated carbocycles. The first kappa shape index (κ1) is 13.0. The molecule has 0 aliphatic heterocycles. The average molecular weight is 185 g/mol. The summed E-state index contributed by atoms with van der Waals surface area (Å²) in [5, 5.41) is 0. The third kappa shape index (κ3) is 45.1. The van der Waals surface area contributed by atoms with Gasteiger partial charge in [-0.3, -0.25) is 13.9 Å². The highest BCUT2D eigenvalue weighted by atomic mass is 32.3. The Labute approximate surface area is 65.0 Å². The fourth-order valence-electron chi connectivity index (χ4n) is 0. The molecule has 4 N–H and O–H groups in total. The van der Waals surface area contributed by atoms with Crippen LogP contribution in [0.15, 0.2) is 0 Å². The third-order valence-corrected chi connectivity index (χ3v) is 0.569. The van der Waals surface area contributed by atoms with Gasteiger partial charge in [-0.05, 0) is 0 Å². The largest absolute Gasteiger partial charge is 0.394 e. The summed E-state index contributed by atoms with van der Waals surface area (Å²) in [6, 6.07) is 0. The van der Waals surface area contributed by atoms with E-state index in [-0.39, 0.29) is 11.8 Å². The molecule has 0 aromatic heterocycles. The molecular formula is C4H11NO5S. The molecule has 11 heavy (non-hydrogen) atoms. The Kier molecular flexibility index (Phi) is 5.96. The highest BCUT2D eigenvalue weighted by Crippen LogP contribution is 1.84. The molecule has 0 fully saturated rings. The zero-order chi connectivity index (χ0) is 9.65. The van der Waals surface area contributed by atoms with Crippen LogP contribution in [0.4, 0.5) is 0 Å². The molecule has 1 amide bonds. The molecule has 6 nitrogen and oxygen atoms in total. The fourth-order valence-corrected chi connectivity index (χ4v) is 0. The van der Waals surface area contributed by atoms with Crippen LogP contribution in [0.2, 0.25) is 0 Å². The minimum Gasteiger partial charge on any atom is -0.369 e. The van der Waals surface area contributed by atoms with Crippen LogP contribution in [-0.4, -0.2) is 23.4 Å². The van der Waals surface area contributed by atoms with Crippen LogP contribution < -0.4 is 5.73 Å². The first-order valence-electron chi connectivity index (χ1n) is 2.63. The van der Waals surface area contributed by atoms with E-state index < -0.39 is 10.4 Å². The molecule has 68 valence electrons. The van der Waals surface area contributed by atoms with E-state index in [1.165, 1.54) is 0 Å². The van der Waals surface area contributed by atoms with E-state index in [1.54, 1.807) is 13.8 Å². The predicted octanol–water partition coefficient (Wildman–Crippen LogP) is -0.525. The van der Waals surface area contributed by atoms with Crippen LogP contribution in [-0.2, 0) is 15.2 Å². The van der Waals surface area contributed by atoms with Crippen LogP contribution in [0.25, 0.3) is 0 Å². The maximum atomic E-state index is 9.92. The topological polar surface area (TPSA) is 118 Å². The van der Waals surface area contributed by atoms with Crippen LogP contribution in [0, 0.1) is 5.92 Å². The standard InChI is InChI=1S/C4H9NO.H2O4S/c1-3(2)4(5)6;1-5(2,3)4/h3H,1-2H3,(H2,5,6);(H2,1,2,3,4). The molecule has 7 heteroatoms. The zero-order valence-electron chi connectivity index (χ0n) is 6.18. The molecule has 0 atom stereocenters. The summed E-state index contributed by atoms with van der Waals surface area (Å²) >= 11 is 0. The van der Waals surface area contributed by atoms with Crippen molar-refractivity contribution in [3.63, 3.8) is 0 Å². The third-order valence-electron chi connectivity index (χ3n) is 0.569. The molecule has 0 spiro atoms. The monoisotopic (exact) mass is 185 g/mol. The molecule has 0 aliphatic rings. The lowest BCUT2D eigenvalue weighted by molar-refractivity contribution is -0.120. The summed E-state index contributed by atoms with van der Waals surface area (Å²) in [5.41, 5.74) is 4.80. The van der Waals surface area contributed by atoms with Gasteiger partial charge < -0.3 is 5.73 Å². The Hall–Kier alpha value is -0.660. The van der Waals surface area contributed by atoms with Gasteiger partial charge in [-0.1, -0.05) is 13.8 Å². The van der Waals surface area contributed by atoms with Gasteiger partial charge in [0.25, 0.3) is 0 Å². The van der Waals surface area contributed by atoms with Crippen LogP contribution in [0.1, 0.15) is 13.8 Å². The highest BCUT2D eigenvalue weighted by molar-refractivity contribution is 7.79.